The molecule has 1 atom stereocenters. The van der Waals surface area contributed by atoms with E-state index in [2.05, 4.69) is 88.0 Å². The Kier molecular flexibility index (Phi) is 6.77. The Morgan fingerprint density at radius 3 is 2.24 bits per heavy atom. The first kappa shape index (κ1) is 22.8. The lowest BCUT2D eigenvalue weighted by Gasteiger charge is -2.32. The summed E-state index contributed by atoms with van der Waals surface area (Å²) in [5.41, 5.74) is 5.07. The second kappa shape index (κ2) is 10.1. The fraction of sp³-hybridized carbons (Fsp3) is 0.400. The number of hydrogen-bond donors (Lipinski definition) is 1. The van der Waals surface area contributed by atoms with Crippen LogP contribution in [0, 0.1) is 18.3 Å². The highest BCUT2D eigenvalue weighted by Crippen LogP contribution is 2.59. The van der Waals surface area contributed by atoms with Gasteiger partial charge in [0, 0.05) is 30.6 Å². The van der Waals surface area contributed by atoms with Crippen LogP contribution in [0.2, 0.25) is 0 Å². The van der Waals surface area contributed by atoms with Crippen LogP contribution in [0.1, 0.15) is 54.1 Å². The molecule has 5 rings (SSSR count). The van der Waals surface area contributed by atoms with E-state index in [1.54, 1.807) is 0 Å². The number of likely N-dealkylation sites (tertiary alicyclic amines) is 1. The zero-order chi connectivity index (χ0) is 23.4. The maximum Gasteiger partial charge on any atom is 0.223 e. The second-order valence-electron chi connectivity index (χ2n) is 10.1. The monoisotopic (exact) mass is 453 g/mol. The highest BCUT2D eigenvalue weighted by molar-refractivity contribution is 5.82. The van der Waals surface area contributed by atoms with Crippen molar-refractivity contribution in [1.29, 1.82) is 0 Å². The first-order chi connectivity index (χ1) is 16.6. The van der Waals surface area contributed by atoms with Crippen molar-refractivity contribution in [3.05, 3.63) is 101 Å². The molecule has 1 spiro atoms. The Morgan fingerprint density at radius 2 is 1.62 bits per heavy atom. The Labute approximate surface area is 203 Å². The van der Waals surface area contributed by atoms with Crippen molar-refractivity contribution in [1.82, 2.24) is 15.2 Å². The predicted molar refractivity (Wildman–Crippen MR) is 136 cm³/mol. The third-order valence-electron chi connectivity index (χ3n) is 7.83. The molecule has 1 saturated carbocycles. The van der Waals surface area contributed by atoms with Crippen LogP contribution >= 0.6 is 0 Å². The van der Waals surface area contributed by atoms with E-state index in [0.717, 1.165) is 56.7 Å². The highest BCUT2D eigenvalue weighted by atomic mass is 16.2. The van der Waals surface area contributed by atoms with Crippen LogP contribution in [0.5, 0.6) is 0 Å². The molecular formula is C30H35N3O. The van der Waals surface area contributed by atoms with E-state index in [1.165, 1.54) is 11.1 Å². The second-order valence-corrected chi connectivity index (χ2v) is 10.1. The Balaban J connectivity index is 1.11. The maximum atomic E-state index is 13.0. The van der Waals surface area contributed by atoms with Gasteiger partial charge in [-0.25, -0.2) is 0 Å². The van der Waals surface area contributed by atoms with Crippen LogP contribution in [0.3, 0.4) is 0 Å². The van der Waals surface area contributed by atoms with Crippen molar-refractivity contribution in [3.8, 4) is 0 Å². The van der Waals surface area contributed by atoms with Crippen molar-refractivity contribution in [3.63, 3.8) is 0 Å². The summed E-state index contributed by atoms with van der Waals surface area (Å²) in [4.78, 5) is 20.1. The van der Waals surface area contributed by atoms with Crippen molar-refractivity contribution in [2.45, 2.75) is 45.1 Å². The first-order valence-corrected chi connectivity index (χ1v) is 12.7. The molecule has 1 saturated heterocycles. The van der Waals surface area contributed by atoms with Crippen LogP contribution in [0.15, 0.2) is 78.9 Å². The number of carbonyl (C=O) groups excluding carboxylic acids is 1. The summed E-state index contributed by atoms with van der Waals surface area (Å²) < 4.78 is 0. The van der Waals surface area contributed by atoms with Gasteiger partial charge in [0.1, 0.15) is 0 Å². The molecular weight excluding hydrogens is 418 g/mol. The van der Waals surface area contributed by atoms with Gasteiger partial charge in [-0.2, -0.15) is 0 Å². The summed E-state index contributed by atoms with van der Waals surface area (Å²) >= 11 is 0. The summed E-state index contributed by atoms with van der Waals surface area (Å²) in [6.07, 6.45) is 4.20. The number of aromatic nitrogens is 1. The number of aryl methyl sites for hydroxylation is 1. The number of benzene rings is 2. The molecule has 1 N–H and O–H groups in total. The normalized spacial score (nSPS) is 19.3. The Bertz CT molecular complexity index is 1050. The summed E-state index contributed by atoms with van der Waals surface area (Å²) in [5.74, 6) is 0.752. The number of nitrogens with zero attached hydrogens (tertiary/aromatic N) is 2. The number of nitrogens with one attached hydrogen (secondary N) is 1. The maximum absolute atomic E-state index is 13.0. The third kappa shape index (κ3) is 5.23. The van der Waals surface area contributed by atoms with Crippen LogP contribution in [0.4, 0.5) is 0 Å². The standard InChI is InChI=1S/C30H35N3O/c1-23-9-8-14-26(32-23)22-33-19-16-30(17-20-33)21-28(30)29(34)31-18-15-27(24-10-4-2-5-11-24)25-12-6-3-7-13-25/h2-14,27-28H,15-22H2,1H3,(H,31,34)/t28-/m0/s1. The predicted octanol–water partition coefficient (Wildman–Crippen LogP) is 5.33. The minimum Gasteiger partial charge on any atom is -0.356 e. The summed E-state index contributed by atoms with van der Waals surface area (Å²) in [5, 5.41) is 3.28. The molecule has 0 unspecified atom stereocenters. The van der Waals surface area contributed by atoms with Gasteiger partial charge in [0.2, 0.25) is 5.91 Å². The molecule has 3 aromatic rings. The summed E-state index contributed by atoms with van der Waals surface area (Å²) in [7, 11) is 0. The molecule has 0 bridgehead atoms. The molecule has 0 radical (unpaired) electrons. The molecule has 1 amide bonds. The van der Waals surface area contributed by atoms with Gasteiger partial charge in [-0.1, -0.05) is 66.7 Å². The van der Waals surface area contributed by atoms with E-state index in [-0.39, 0.29) is 17.2 Å². The molecule has 2 aliphatic rings. The van der Waals surface area contributed by atoms with Crippen molar-refractivity contribution < 1.29 is 4.79 Å². The number of rotatable bonds is 8. The zero-order valence-corrected chi connectivity index (χ0v) is 20.1. The molecule has 2 fully saturated rings. The van der Waals surface area contributed by atoms with Gasteiger partial charge < -0.3 is 5.32 Å². The average molecular weight is 454 g/mol. The number of piperidine rings is 1. The highest BCUT2D eigenvalue weighted by Gasteiger charge is 2.58. The summed E-state index contributed by atoms with van der Waals surface area (Å²) in [6.45, 7) is 5.79. The van der Waals surface area contributed by atoms with Crippen LogP contribution < -0.4 is 5.32 Å². The Hall–Kier alpha value is -2.98. The molecule has 1 aliphatic carbocycles. The third-order valence-corrected chi connectivity index (χ3v) is 7.83. The number of amides is 1. The quantitative estimate of drug-likeness (QED) is 0.501. The fourth-order valence-corrected chi connectivity index (χ4v) is 5.70. The first-order valence-electron chi connectivity index (χ1n) is 12.7. The van der Waals surface area contributed by atoms with E-state index in [4.69, 9.17) is 0 Å². The van der Waals surface area contributed by atoms with Gasteiger partial charge in [0.25, 0.3) is 0 Å². The van der Waals surface area contributed by atoms with Crippen molar-refractivity contribution in [2.24, 2.45) is 11.3 Å². The number of pyridine rings is 1. The molecule has 34 heavy (non-hydrogen) atoms. The molecule has 2 heterocycles. The minimum atomic E-state index is 0.193. The van der Waals surface area contributed by atoms with Crippen LogP contribution in [-0.2, 0) is 11.3 Å². The molecule has 2 aromatic carbocycles. The molecule has 4 heteroatoms. The van der Waals surface area contributed by atoms with Gasteiger partial charge in [-0.3, -0.25) is 14.7 Å². The topological polar surface area (TPSA) is 45.2 Å². The molecule has 4 nitrogen and oxygen atoms in total. The van der Waals surface area contributed by atoms with Gasteiger partial charge in [0.15, 0.2) is 0 Å². The Morgan fingerprint density at radius 1 is 0.971 bits per heavy atom. The van der Waals surface area contributed by atoms with E-state index in [1.807, 2.05) is 13.0 Å². The zero-order valence-electron chi connectivity index (χ0n) is 20.1. The lowest BCUT2D eigenvalue weighted by Crippen LogP contribution is -2.37. The number of hydrogen-bond acceptors (Lipinski definition) is 3. The van der Waals surface area contributed by atoms with Crippen LogP contribution in [-0.4, -0.2) is 35.4 Å². The van der Waals surface area contributed by atoms with Crippen molar-refractivity contribution >= 4 is 5.91 Å². The van der Waals surface area contributed by atoms with Gasteiger partial charge in [0.05, 0.1) is 5.69 Å². The van der Waals surface area contributed by atoms with Gasteiger partial charge in [-0.15, -0.1) is 0 Å². The smallest absolute Gasteiger partial charge is 0.223 e. The fourth-order valence-electron chi connectivity index (χ4n) is 5.70. The average Bonchev–Trinajstić information content (AvgIpc) is 3.58. The van der Waals surface area contributed by atoms with E-state index < -0.39 is 0 Å². The van der Waals surface area contributed by atoms with Crippen LogP contribution in [0.25, 0.3) is 0 Å². The SMILES string of the molecule is Cc1cccc(CN2CCC3(CC2)C[C@H]3C(=O)NCCC(c2ccccc2)c2ccccc2)n1. The lowest BCUT2D eigenvalue weighted by molar-refractivity contribution is -0.123. The van der Waals surface area contributed by atoms with E-state index in [9.17, 15) is 4.79 Å². The molecule has 1 aromatic heterocycles. The lowest BCUT2D eigenvalue weighted by atomic mass is 9.88. The molecule has 1 aliphatic heterocycles. The van der Waals surface area contributed by atoms with E-state index >= 15 is 0 Å². The number of carbonyl (C=O) groups is 1. The van der Waals surface area contributed by atoms with Gasteiger partial charge >= 0.3 is 0 Å². The van der Waals surface area contributed by atoms with Crippen molar-refractivity contribution in [2.75, 3.05) is 19.6 Å². The van der Waals surface area contributed by atoms with Gasteiger partial charge in [-0.05, 0) is 74.4 Å². The molecule has 176 valence electrons. The van der Waals surface area contributed by atoms with E-state index in [0.29, 0.717) is 12.5 Å². The summed E-state index contributed by atoms with van der Waals surface area (Å²) in [6, 6.07) is 27.5. The minimum absolute atomic E-state index is 0.193. The largest absolute Gasteiger partial charge is 0.356 e.